The Morgan fingerprint density at radius 1 is 1.50 bits per heavy atom. The van der Waals surface area contributed by atoms with Crippen LogP contribution in [-0.2, 0) is 4.79 Å². The molecular weight excluding hydrogens is 304 g/mol. The predicted molar refractivity (Wildman–Crippen MR) is 89.9 cm³/mol. The molecule has 6 nitrogen and oxygen atoms in total. The van der Waals surface area contributed by atoms with Gasteiger partial charge in [-0.2, -0.15) is 10.4 Å². The van der Waals surface area contributed by atoms with Crippen molar-refractivity contribution in [3.63, 3.8) is 0 Å². The van der Waals surface area contributed by atoms with Gasteiger partial charge in [0.15, 0.2) is 5.82 Å². The van der Waals surface area contributed by atoms with E-state index in [1.807, 2.05) is 38.1 Å². The number of nitrogens with one attached hydrogen (secondary N) is 1. The van der Waals surface area contributed by atoms with Gasteiger partial charge in [0, 0.05) is 18.7 Å². The van der Waals surface area contributed by atoms with Gasteiger partial charge in [0.05, 0.1) is 6.61 Å². The fourth-order valence-electron chi connectivity index (χ4n) is 2.87. The normalized spacial score (nSPS) is 16.2. The number of carbonyl (C=O) groups excluding carboxylic acids is 1. The van der Waals surface area contributed by atoms with Crippen LogP contribution in [0.3, 0.4) is 0 Å². The van der Waals surface area contributed by atoms with Crippen LogP contribution in [0.2, 0.25) is 0 Å². The van der Waals surface area contributed by atoms with E-state index < -0.39 is 0 Å². The Hall–Kier alpha value is -2.81. The Kier molecular flexibility index (Phi) is 4.52. The van der Waals surface area contributed by atoms with Crippen molar-refractivity contribution in [2.45, 2.75) is 38.6 Å². The molecule has 1 atom stereocenters. The number of para-hydroxylation sites is 1. The van der Waals surface area contributed by atoms with Crippen LogP contribution in [0.5, 0.6) is 5.75 Å². The van der Waals surface area contributed by atoms with Crippen LogP contribution in [-0.4, -0.2) is 22.3 Å². The molecule has 0 bridgehead atoms. The summed E-state index contributed by atoms with van der Waals surface area (Å²) in [5.41, 5.74) is 1.44. The van der Waals surface area contributed by atoms with Crippen LogP contribution >= 0.6 is 0 Å². The van der Waals surface area contributed by atoms with Crippen LogP contribution in [0.15, 0.2) is 30.5 Å². The van der Waals surface area contributed by atoms with Crippen molar-refractivity contribution in [2.24, 2.45) is 0 Å². The number of hydrogen-bond acceptors (Lipinski definition) is 4. The summed E-state index contributed by atoms with van der Waals surface area (Å²) in [6.45, 7) is 4.55. The number of fused-ring (bicyclic) bond motifs is 1. The van der Waals surface area contributed by atoms with Crippen molar-refractivity contribution in [3.05, 3.63) is 41.6 Å². The average molecular weight is 324 g/mol. The molecule has 0 saturated heterocycles. The molecule has 1 aliphatic rings. The maximum Gasteiger partial charge on any atom is 0.226 e. The molecule has 0 unspecified atom stereocenters. The zero-order chi connectivity index (χ0) is 17.1. The maximum absolute atomic E-state index is 12.4. The first kappa shape index (κ1) is 16.1. The van der Waals surface area contributed by atoms with Gasteiger partial charge in [0.2, 0.25) is 5.91 Å². The summed E-state index contributed by atoms with van der Waals surface area (Å²) in [6.07, 6.45) is 2.81. The zero-order valence-corrected chi connectivity index (χ0v) is 13.8. The topological polar surface area (TPSA) is 79.9 Å². The van der Waals surface area contributed by atoms with E-state index >= 15 is 0 Å². The lowest BCUT2D eigenvalue weighted by Gasteiger charge is -2.25. The Balaban J connectivity index is 1.72. The van der Waals surface area contributed by atoms with Gasteiger partial charge in [0.25, 0.3) is 0 Å². The molecule has 6 heteroatoms. The smallest absolute Gasteiger partial charge is 0.226 e. The number of carbonyl (C=O) groups is 1. The number of ether oxygens (including phenoxy) is 1. The first-order chi connectivity index (χ1) is 11.6. The Bertz CT molecular complexity index is 789. The lowest BCUT2D eigenvalue weighted by molar-refractivity contribution is -0.116. The largest absolute Gasteiger partial charge is 0.493 e. The molecule has 1 aromatic heterocycles. The Morgan fingerprint density at radius 3 is 3.04 bits per heavy atom. The average Bonchev–Trinajstić information content (AvgIpc) is 2.98. The summed E-state index contributed by atoms with van der Waals surface area (Å²) in [7, 11) is 0. The molecule has 3 rings (SSSR count). The van der Waals surface area contributed by atoms with Gasteiger partial charge in [-0.3, -0.25) is 9.48 Å². The maximum atomic E-state index is 12.4. The second-order valence-corrected chi connectivity index (χ2v) is 6.20. The number of amides is 1. The number of anilines is 1. The van der Waals surface area contributed by atoms with E-state index in [0.29, 0.717) is 24.4 Å². The summed E-state index contributed by atoms with van der Waals surface area (Å²) in [4.78, 5) is 12.4. The van der Waals surface area contributed by atoms with Gasteiger partial charge in [-0.25, -0.2) is 0 Å². The van der Waals surface area contributed by atoms with E-state index in [-0.39, 0.29) is 17.9 Å². The molecule has 0 aliphatic carbocycles. The molecule has 124 valence electrons. The third-order valence-corrected chi connectivity index (χ3v) is 4.15. The number of nitriles is 1. The minimum Gasteiger partial charge on any atom is -0.493 e. The lowest BCUT2D eigenvalue weighted by Crippen LogP contribution is -2.21. The lowest BCUT2D eigenvalue weighted by atomic mass is 9.90. The highest BCUT2D eigenvalue weighted by Gasteiger charge is 2.24. The highest BCUT2D eigenvalue weighted by atomic mass is 16.5. The first-order valence-electron chi connectivity index (χ1n) is 8.09. The number of hydrogen-bond donors (Lipinski definition) is 1. The monoisotopic (exact) mass is 324 g/mol. The van der Waals surface area contributed by atoms with Crippen molar-refractivity contribution in [3.8, 4) is 11.8 Å². The molecule has 0 spiro atoms. The van der Waals surface area contributed by atoms with Crippen LogP contribution < -0.4 is 10.1 Å². The van der Waals surface area contributed by atoms with E-state index in [4.69, 9.17) is 4.74 Å². The van der Waals surface area contributed by atoms with Crippen LogP contribution in [0.4, 0.5) is 5.82 Å². The molecule has 1 N–H and O–H groups in total. The van der Waals surface area contributed by atoms with Crippen LogP contribution in [0.25, 0.3) is 0 Å². The molecule has 1 aliphatic heterocycles. The van der Waals surface area contributed by atoms with Crippen molar-refractivity contribution >= 4 is 11.7 Å². The van der Waals surface area contributed by atoms with E-state index in [1.165, 1.54) is 0 Å². The molecule has 2 heterocycles. The summed E-state index contributed by atoms with van der Waals surface area (Å²) < 4.78 is 7.31. The fraction of sp³-hybridized carbons (Fsp3) is 0.389. The Labute approximate surface area is 141 Å². The molecule has 1 aromatic carbocycles. The predicted octanol–water partition coefficient (Wildman–Crippen LogP) is 3.23. The number of nitrogens with zero attached hydrogens (tertiary/aromatic N) is 3. The second kappa shape index (κ2) is 6.75. The summed E-state index contributed by atoms with van der Waals surface area (Å²) >= 11 is 0. The van der Waals surface area contributed by atoms with Crippen molar-refractivity contribution in [2.75, 3.05) is 11.9 Å². The van der Waals surface area contributed by atoms with E-state index in [9.17, 15) is 10.1 Å². The van der Waals surface area contributed by atoms with Crippen LogP contribution in [0.1, 0.15) is 49.8 Å². The summed E-state index contributed by atoms with van der Waals surface area (Å²) in [6, 6.07) is 10.0. The third-order valence-electron chi connectivity index (χ3n) is 4.15. The minimum atomic E-state index is -0.137. The molecule has 24 heavy (non-hydrogen) atoms. The van der Waals surface area contributed by atoms with Gasteiger partial charge in [-0.05, 0) is 37.8 Å². The van der Waals surface area contributed by atoms with Crippen LogP contribution in [0, 0.1) is 11.3 Å². The van der Waals surface area contributed by atoms with Gasteiger partial charge in [-0.1, -0.05) is 18.2 Å². The quantitative estimate of drug-likeness (QED) is 0.936. The molecule has 0 radical (unpaired) electrons. The molecule has 0 saturated carbocycles. The molecule has 0 fully saturated rings. The zero-order valence-electron chi connectivity index (χ0n) is 13.8. The Morgan fingerprint density at radius 2 is 2.29 bits per heavy atom. The van der Waals surface area contributed by atoms with Crippen molar-refractivity contribution < 1.29 is 9.53 Å². The number of benzene rings is 1. The van der Waals surface area contributed by atoms with Gasteiger partial charge < -0.3 is 10.1 Å². The molecule has 2 aromatic rings. The molecular formula is C18H20N4O2. The van der Waals surface area contributed by atoms with Gasteiger partial charge in [0.1, 0.15) is 17.4 Å². The number of rotatable bonds is 4. The highest BCUT2D eigenvalue weighted by molar-refractivity contribution is 5.91. The first-order valence-corrected chi connectivity index (χ1v) is 8.09. The van der Waals surface area contributed by atoms with Crippen molar-refractivity contribution in [1.82, 2.24) is 9.78 Å². The van der Waals surface area contributed by atoms with Gasteiger partial charge in [-0.15, -0.1) is 0 Å². The minimum absolute atomic E-state index is 0.118. The van der Waals surface area contributed by atoms with E-state index in [1.54, 1.807) is 10.9 Å². The SMILES string of the molecule is CC(C)n1cc(C#N)c(NC(=O)C[C@H]2CCOc3ccccc32)n1. The summed E-state index contributed by atoms with van der Waals surface area (Å²) in [5.74, 6) is 1.16. The van der Waals surface area contributed by atoms with E-state index in [0.717, 1.165) is 17.7 Å². The second-order valence-electron chi connectivity index (χ2n) is 6.20. The summed E-state index contributed by atoms with van der Waals surface area (Å²) in [5, 5.41) is 16.3. The standard InChI is InChI=1S/C18H20N4O2/c1-12(2)22-11-14(10-19)18(21-22)20-17(23)9-13-7-8-24-16-6-4-3-5-15(13)16/h3-6,11-13H,7-9H2,1-2H3,(H,20,21,23)/t13-/m1/s1. The number of aromatic nitrogens is 2. The van der Waals surface area contributed by atoms with Crippen molar-refractivity contribution in [1.29, 1.82) is 5.26 Å². The van der Waals surface area contributed by atoms with Gasteiger partial charge >= 0.3 is 0 Å². The molecule has 1 amide bonds. The fourth-order valence-corrected chi connectivity index (χ4v) is 2.87. The highest BCUT2D eigenvalue weighted by Crippen LogP contribution is 2.35. The van der Waals surface area contributed by atoms with E-state index in [2.05, 4.69) is 16.5 Å². The third kappa shape index (κ3) is 3.25.